The highest BCUT2D eigenvalue weighted by atomic mass is 32.2. The van der Waals surface area contributed by atoms with Crippen LogP contribution < -0.4 is 18.9 Å². The van der Waals surface area contributed by atoms with Crippen molar-refractivity contribution in [2.24, 2.45) is 28.1 Å². The summed E-state index contributed by atoms with van der Waals surface area (Å²) in [4.78, 5) is 76.6. The molecule has 12 aromatic rings. The number of nitrogens with zero attached hydrogens (tertiary/aromatic N) is 14. The van der Waals surface area contributed by atoms with E-state index >= 15 is 0 Å². The van der Waals surface area contributed by atoms with Gasteiger partial charge in [-0.3, -0.25) is 62.8 Å². The molecule has 0 spiro atoms. The summed E-state index contributed by atoms with van der Waals surface area (Å²) in [6, 6.07) is 27.2. The fourth-order valence-electron chi connectivity index (χ4n) is 17.8. The number of carbonyl (C=O) groups is 4. The number of ether oxygens (including phenoxy) is 5. The number of Topliss-reactive ketones (excluding diaryl/α,β-unsaturated/α-hetero) is 4. The Morgan fingerprint density at radius 2 is 0.962 bits per heavy atom. The molecule has 4 aliphatic rings. The van der Waals surface area contributed by atoms with Gasteiger partial charge in [-0.25, -0.2) is 38.8 Å². The third-order valence-electron chi connectivity index (χ3n) is 23.9. The number of hydrogen-bond acceptors (Lipinski definition) is 24. The van der Waals surface area contributed by atoms with Crippen LogP contribution in [0, 0.1) is 33.9 Å². The first kappa shape index (κ1) is 99.1. The van der Waals surface area contributed by atoms with Crippen LogP contribution in [-0.4, -0.2) is 202 Å². The minimum Gasteiger partial charge on any atom is -0.461 e. The van der Waals surface area contributed by atoms with Crippen molar-refractivity contribution in [3.63, 3.8) is 0 Å². The quantitative estimate of drug-likeness (QED) is 0.0302. The van der Waals surface area contributed by atoms with Crippen LogP contribution in [0.25, 0.3) is 89.2 Å². The molecule has 710 valence electrons. The average Bonchev–Trinajstić information content (AvgIpc) is 1.64. The molecule has 6 unspecified atom stereocenters. The topological polar surface area (TPSA) is 342 Å². The molecular formula is C98H117F5N14O14S2. The monoisotopic (exact) mass is 1870 g/mol. The van der Waals surface area contributed by atoms with Gasteiger partial charge in [-0.2, -0.15) is 20.4 Å². The van der Waals surface area contributed by atoms with Crippen LogP contribution >= 0.6 is 0 Å². The van der Waals surface area contributed by atoms with E-state index < -0.39 is 67.9 Å². The summed E-state index contributed by atoms with van der Waals surface area (Å²) in [5.74, 6) is 0.736. The average molecular weight is 1870 g/mol. The highest BCUT2D eigenvalue weighted by molar-refractivity contribution is 7.92. The molecular weight excluding hydrogens is 1760 g/mol. The molecule has 12 heterocycles. The van der Waals surface area contributed by atoms with E-state index in [0.717, 1.165) is 54.4 Å². The standard InChI is InChI=1S/C25H32F2N4O2.C25H28FN3O5S.C24H31FN4O3.C24H26FN3O4S/c1-15(2)31-21-10-17(22(32)12-25(4,5)14-30(6)7)13-28-24(21)23(29-31)19-11-18(33-16(3)26)8-9-20(19)27;1-16(26)34-20-5-3-4-17(10-20)23-24-21(29(28-23)19-6-8-33-14-19)11-18(13-27-24)22(30)12-25(2)7-9-35(31,32)15-25;1-13(2)20(15(5)30)9-22(31)17-8-21-24(27-11-17)23(28-29(21)14(3)4)18-7-19(12-26-10-18)32-16(6)25;1-15(25)32-19-8-3-5-16(9-19)22-23-20(28(27-22)18-6-4-7-18)10-17(12-26-23)21(29)11-24(2)13-33(30,31)14-24/h8-11,13,15-16H,12,14H2,1-7H3;3-5,10-11,13,16,19H,6-9,12,14-15H2,1-2H3;7-8,10-16,20,30H,9H2,1-6H3;3,5,8-10,12,15,18H,4,6-7,11,13-14H2,1-2H3/t;;15-,16?,20-;/m..0./s1. The second-order valence-electron chi connectivity index (χ2n) is 38.1. The highest BCUT2D eigenvalue weighted by Gasteiger charge is 2.46. The molecule has 3 aromatic carbocycles. The van der Waals surface area contributed by atoms with Gasteiger partial charge in [0.1, 0.15) is 73.7 Å². The van der Waals surface area contributed by atoms with E-state index in [0.29, 0.717) is 127 Å². The largest absolute Gasteiger partial charge is 0.461 e. The van der Waals surface area contributed by atoms with Crippen LogP contribution in [0.3, 0.4) is 0 Å². The molecule has 0 amide bonds. The minimum atomic E-state index is -3.10. The number of fused-ring (bicyclic) bond motifs is 4. The van der Waals surface area contributed by atoms with E-state index in [2.05, 4.69) is 48.8 Å². The summed E-state index contributed by atoms with van der Waals surface area (Å²) in [5.41, 5.74) is 10.3. The predicted molar refractivity (Wildman–Crippen MR) is 499 cm³/mol. The SMILES string of the molecule is CC(F)Oc1ccc(F)c(-c2nn(C(C)C)c3cc(C(=O)CC(C)(C)CN(C)C)cnc23)c1.CC(F)Oc1cccc(-c2nn(C3CCC3)c3cc(C(=O)CC4(C)CS(=O)(=O)C4)cnc23)c1.CC(F)Oc1cccc(-c2nn(C3CCOC3)c3cc(C(=O)CC4(C)CCS(=O)(=O)C4)cnc23)c1.CC(F)Oc1cncc(-c2nn(C(C)C)c3cc(C(=O)C[C@@H](C(C)C)[C@H](C)O)cnc23)c1. The van der Waals surface area contributed by atoms with Crippen molar-refractivity contribution in [2.75, 3.05) is 56.9 Å². The molecule has 1 aliphatic carbocycles. The maximum atomic E-state index is 14.7. The summed E-state index contributed by atoms with van der Waals surface area (Å²) < 4.78 is 149. The Balaban J connectivity index is 0.000000151. The molecule has 0 radical (unpaired) electrons. The van der Waals surface area contributed by atoms with Crippen LogP contribution in [0.5, 0.6) is 23.0 Å². The number of pyridine rings is 5. The minimum absolute atomic E-state index is 0.00110. The zero-order valence-corrected chi connectivity index (χ0v) is 79.7. The van der Waals surface area contributed by atoms with Crippen LogP contribution in [0.15, 0.2) is 134 Å². The van der Waals surface area contributed by atoms with Crippen molar-refractivity contribution in [3.8, 4) is 68.0 Å². The smallest absolute Gasteiger partial charge is 0.235 e. The normalized spacial score (nSPS) is 18.3. The van der Waals surface area contributed by atoms with E-state index in [1.807, 2.05) is 102 Å². The van der Waals surface area contributed by atoms with Gasteiger partial charge < -0.3 is 33.7 Å². The second kappa shape index (κ2) is 40.8. The Morgan fingerprint density at radius 3 is 1.41 bits per heavy atom. The van der Waals surface area contributed by atoms with Gasteiger partial charge in [-0.1, -0.05) is 65.8 Å². The first-order valence-electron chi connectivity index (χ1n) is 44.9. The van der Waals surface area contributed by atoms with Crippen LogP contribution in [0.2, 0.25) is 0 Å². The van der Waals surface area contributed by atoms with Gasteiger partial charge in [0.25, 0.3) is 0 Å². The third kappa shape index (κ3) is 24.0. The Kier molecular flexibility index (Phi) is 30.4. The summed E-state index contributed by atoms with van der Waals surface area (Å²) in [6.07, 6.45) is 8.12. The number of sulfone groups is 2. The summed E-state index contributed by atoms with van der Waals surface area (Å²) in [7, 11) is -2.16. The Morgan fingerprint density at radius 1 is 0.519 bits per heavy atom. The number of aliphatic hydroxyl groups is 1. The van der Waals surface area contributed by atoms with E-state index in [1.165, 1.54) is 64.5 Å². The number of halogens is 5. The van der Waals surface area contributed by atoms with Crippen molar-refractivity contribution >= 4 is 86.9 Å². The number of hydrogen-bond donors (Lipinski definition) is 1. The maximum Gasteiger partial charge on any atom is 0.235 e. The lowest BCUT2D eigenvalue weighted by Crippen LogP contribution is -2.47. The molecule has 3 saturated heterocycles. The van der Waals surface area contributed by atoms with Gasteiger partial charge in [0, 0.05) is 160 Å². The predicted octanol–water partition coefficient (Wildman–Crippen LogP) is 19.3. The lowest BCUT2D eigenvalue weighted by Gasteiger charge is -2.37. The molecule has 3 aliphatic heterocycles. The summed E-state index contributed by atoms with van der Waals surface area (Å²) >= 11 is 0. The van der Waals surface area contributed by atoms with Crippen molar-refractivity contribution in [1.82, 2.24) is 68.9 Å². The molecule has 1 saturated carbocycles. The van der Waals surface area contributed by atoms with E-state index in [4.69, 9.17) is 39.0 Å². The fourth-order valence-corrected chi connectivity index (χ4v) is 22.3. The number of carbonyl (C=O) groups excluding carboxylic acids is 4. The summed E-state index contributed by atoms with van der Waals surface area (Å²) in [6.45, 7) is 28.5. The van der Waals surface area contributed by atoms with Gasteiger partial charge >= 0.3 is 0 Å². The molecule has 1 N–H and O–H groups in total. The highest BCUT2D eigenvalue weighted by Crippen LogP contribution is 2.44. The Bertz CT molecular complexity index is 6500. The molecule has 0 bridgehead atoms. The number of benzene rings is 3. The van der Waals surface area contributed by atoms with Crippen LogP contribution in [0.1, 0.15) is 227 Å². The van der Waals surface area contributed by atoms with E-state index in [-0.39, 0.29) is 118 Å². The number of rotatable bonds is 32. The molecule has 9 aromatic heterocycles. The molecule has 8 atom stereocenters. The molecule has 28 nitrogen and oxygen atoms in total. The lowest BCUT2D eigenvalue weighted by atomic mass is 9.83. The van der Waals surface area contributed by atoms with Crippen LogP contribution in [0.4, 0.5) is 22.0 Å². The Hall–Kier alpha value is -11.4. The lowest BCUT2D eigenvalue weighted by molar-refractivity contribution is 0.0730. The molecule has 35 heteroatoms. The number of aliphatic hydroxyl groups excluding tert-OH is 1. The van der Waals surface area contributed by atoms with Crippen molar-refractivity contribution in [3.05, 3.63) is 162 Å². The van der Waals surface area contributed by atoms with Gasteiger partial charge in [0.05, 0.1) is 76.1 Å². The number of aromatic nitrogens is 13. The van der Waals surface area contributed by atoms with Crippen LogP contribution in [-0.2, 0) is 24.4 Å². The first-order chi connectivity index (χ1) is 62.7. The van der Waals surface area contributed by atoms with Crippen molar-refractivity contribution in [1.29, 1.82) is 0 Å². The number of ketones is 4. The third-order valence-corrected chi connectivity index (χ3v) is 28.1. The maximum absolute atomic E-state index is 14.7. The van der Waals surface area contributed by atoms with Gasteiger partial charge in [0.2, 0.25) is 25.4 Å². The number of alkyl halides is 4. The zero-order valence-electron chi connectivity index (χ0n) is 78.1. The fraction of sp³-hybridized carbons (Fsp3) is 0.480. The van der Waals surface area contributed by atoms with Gasteiger partial charge in [-0.05, 0) is 176 Å². The van der Waals surface area contributed by atoms with Gasteiger partial charge in [0.15, 0.2) is 42.8 Å². The van der Waals surface area contributed by atoms with E-state index in [1.54, 1.807) is 90.9 Å². The van der Waals surface area contributed by atoms with Crippen molar-refractivity contribution < 1.29 is 86.8 Å². The summed E-state index contributed by atoms with van der Waals surface area (Å²) in [5, 5.41) is 29.0. The second-order valence-corrected chi connectivity index (χ2v) is 42.3. The van der Waals surface area contributed by atoms with Crippen molar-refractivity contribution in [2.45, 2.75) is 217 Å². The Labute approximate surface area is 771 Å². The molecule has 133 heavy (non-hydrogen) atoms. The molecule has 16 rings (SSSR count). The van der Waals surface area contributed by atoms with E-state index in [9.17, 15) is 63.1 Å². The molecule has 4 fully saturated rings. The zero-order chi connectivity index (χ0) is 96.3. The van der Waals surface area contributed by atoms with Gasteiger partial charge in [-0.15, -0.1) is 0 Å². The first-order valence-corrected chi connectivity index (χ1v) is 48.5.